The van der Waals surface area contributed by atoms with Gasteiger partial charge in [0.2, 0.25) is 0 Å². The van der Waals surface area contributed by atoms with Crippen molar-refractivity contribution in [3.8, 4) is 23.0 Å². The van der Waals surface area contributed by atoms with E-state index in [1.54, 1.807) is 60.7 Å². The highest BCUT2D eigenvalue weighted by Gasteiger charge is 2.15. The van der Waals surface area contributed by atoms with E-state index >= 15 is 0 Å². The minimum atomic E-state index is -0.643. The molecule has 0 saturated carbocycles. The van der Waals surface area contributed by atoms with E-state index in [-0.39, 0.29) is 56.6 Å². The number of ether oxygens (including phenoxy) is 6. The molecule has 14 heteroatoms. The van der Waals surface area contributed by atoms with Crippen LogP contribution in [0.4, 0.5) is 5.69 Å². The van der Waals surface area contributed by atoms with Crippen molar-refractivity contribution < 1.29 is 47.6 Å². The second-order valence-corrected chi connectivity index (χ2v) is 11.9. The largest absolute Gasteiger partial charge is 0.493 e. The summed E-state index contributed by atoms with van der Waals surface area (Å²) < 4.78 is 31.9. The van der Waals surface area contributed by atoms with E-state index in [0.717, 1.165) is 12.2 Å². The molecule has 0 radical (unpaired) electrons. The van der Waals surface area contributed by atoms with Crippen LogP contribution in [-0.2, 0) is 19.1 Å². The number of benzene rings is 4. The molecule has 0 unspecified atom stereocenters. The van der Waals surface area contributed by atoms with Gasteiger partial charge in [0.1, 0.15) is 28.7 Å². The van der Waals surface area contributed by atoms with E-state index in [2.05, 4.69) is 18.2 Å². The lowest BCUT2D eigenvalue weighted by atomic mass is 10.2. The molecule has 0 aromatic heterocycles. The van der Waals surface area contributed by atoms with Gasteiger partial charge in [-0.1, -0.05) is 48.0 Å². The molecule has 4 rings (SSSR count). The molecule has 0 aliphatic rings. The van der Waals surface area contributed by atoms with Crippen LogP contribution in [0.5, 0.6) is 23.0 Å². The molecule has 0 saturated heterocycles. The molecule has 11 nitrogen and oxygen atoms in total. The predicted octanol–water partition coefficient (Wildman–Crippen LogP) is 8.83. The lowest BCUT2D eigenvalue weighted by molar-refractivity contribution is -0.138. The van der Waals surface area contributed by atoms with Gasteiger partial charge in [0.25, 0.3) is 0 Å². The third-order valence-electron chi connectivity index (χ3n) is 6.82. The molecule has 0 fully saturated rings. The third kappa shape index (κ3) is 12.8. The minimum absolute atomic E-state index is 0.110. The summed E-state index contributed by atoms with van der Waals surface area (Å²) >= 11 is 19.3. The smallest absolute Gasteiger partial charge is 0.343 e. The summed E-state index contributed by atoms with van der Waals surface area (Å²) in [7, 11) is 0. The molecule has 4 aromatic rings. The average molecular weight is 781 g/mol. The number of carbonyl (C=O) groups excluding carboxylic acids is 4. The molecule has 274 valence electrons. The van der Waals surface area contributed by atoms with Crippen LogP contribution >= 0.6 is 34.8 Å². The summed E-state index contributed by atoms with van der Waals surface area (Å²) in [6.45, 7) is 7.68. The van der Waals surface area contributed by atoms with Crippen LogP contribution in [0, 0.1) is 0 Å². The van der Waals surface area contributed by atoms with Crippen LogP contribution < -0.4 is 18.9 Å². The number of rotatable bonds is 18. The number of hydrogen-bond acceptors (Lipinski definition) is 11. The SMILES string of the molecule is C=CC(=O)OCCCOc1ccc(C(=O)Oc2cc(Cl)c(N=Cc3ccc(OC(=O)c4ccc(OCCCOC(=O)C=C)cc4)c(Cl)c3)c(Cl)c2)cc1. The molecule has 0 aliphatic carbocycles. The van der Waals surface area contributed by atoms with E-state index in [0.29, 0.717) is 43.1 Å². The summed E-state index contributed by atoms with van der Waals surface area (Å²) in [6, 6.07) is 20.2. The Balaban J connectivity index is 1.28. The fourth-order valence-corrected chi connectivity index (χ4v) is 5.00. The zero-order valence-corrected chi connectivity index (χ0v) is 30.3. The maximum atomic E-state index is 12.7. The molecule has 0 amide bonds. The highest BCUT2D eigenvalue weighted by Crippen LogP contribution is 2.37. The molecule has 0 atom stereocenters. The summed E-state index contributed by atoms with van der Waals surface area (Å²) in [4.78, 5) is 51.9. The number of aliphatic imine (C=N–C) groups is 1. The average Bonchev–Trinajstić information content (AvgIpc) is 3.15. The highest BCUT2D eigenvalue weighted by molar-refractivity contribution is 6.39. The Labute approximate surface area is 320 Å². The van der Waals surface area contributed by atoms with Gasteiger partial charge in [-0.3, -0.25) is 4.99 Å². The number of halogens is 3. The molecule has 0 N–H and O–H groups in total. The van der Waals surface area contributed by atoms with E-state index in [1.165, 1.54) is 24.4 Å². The van der Waals surface area contributed by atoms with E-state index in [9.17, 15) is 19.2 Å². The predicted molar refractivity (Wildman–Crippen MR) is 201 cm³/mol. The Morgan fingerprint density at radius 1 is 0.585 bits per heavy atom. The van der Waals surface area contributed by atoms with E-state index in [1.807, 2.05) is 0 Å². The van der Waals surface area contributed by atoms with E-state index < -0.39 is 23.9 Å². The van der Waals surface area contributed by atoms with E-state index in [4.69, 9.17) is 63.2 Å². The quantitative estimate of drug-likeness (QED) is 0.0317. The molecule has 0 aliphatic heterocycles. The van der Waals surface area contributed by atoms with Gasteiger partial charge in [0.15, 0.2) is 0 Å². The molecule has 0 heterocycles. The fraction of sp³-hybridized carbons (Fsp3) is 0.154. The first-order valence-corrected chi connectivity index (χ1v) is 17.0. The lowest BCUT2D eigenvalue weighted by Gasteiger charge is -2.10. The Morgan fingerprint density at radius 3 is 1.55 bits per heavy atom. The standard InChI is InChI=1S/C39H32Cl3NO10/c1-3-35(44)50-19-5-17-48-28-12-8-26(9-13-28)38(46)52-30-22-32(41)37(33(42)23-30)43-24-25-7-16-34(31(40)21-25)53-39(47)27-10-14-29(15-11-27)49-18-6-20-51-36(45)4-2/h3-4,7-16,21-24H,1-2,5-6,17-20H2. The summed E-state index contributed by atoms with van der Waals surface area (Å²) in [5, 5.41) is 0.410. The van der Waals surface area contributed by atoms with Crippen LogP contribution in [0.25, 0.3) is 0 Å². The van der Waals surface area contributed by atoms with Crippen molar-refractivity contribution in [3.63, 3.8) is 0 Å². The van der Waals surface area contributed by atoms with Crippen molar-refractivity contribution in [2.24, 2.45) is 4.99 Å². The Morgan fingerprint density at radius 2 is 1.08 bits per heavy atom. The van der Waals surface area contributed by atoms with Crippen LogP contribution in [-0.4, -0.2) is 56.5 Å². The van der Waals surface area contributed by atoms with Gasteiger partial charge in [-0.25, -0.2) is 19.2 Å². The monoisotopic (exact) mass is 779 g/mol. The molecular weight excluding hydrogens is 749 g/mol. The second kappa shape index (κ2) is 20.4. The number of carbonyl (C=O) groups is 4. The Kier molecular flexibility index (Phi) is 15.5. The minimum Gasteiger partial charge on any atom is -0.493 e. The van der Waals surface area contributed by atoms with Crippen LogP contribution in [0.15, 0.2) is 109 Å². The second-order valence-electron chi connectivity index (χ2n) is 10.7. The van der Waals surface area contributed by atoms with Crippen LogP contribution in [0.3, 0.4) is 0 Å². The maximum Gasteiger partial charge on any atom is 0.343 e. The number of nitrogens with zero attached hydrogens (tertiary/aromatic N) is 1. The summed E-state index contributed by atoms with van der Waals surface area (Å²) in [5.41, 5.74) is 1.32. The summed E-state index contributed by atoms with van der Waals surface area (Å²) in [6.07, 6.45) is 4.62. The van der Waals surface area contributed by atoms with Gasteiger partial charge in [0, 0.05) is 43.3 Å². The van der Waals surface area contributed by atoms with Crippen molar-refractivity contribution >= 4 is 70.6 Å². The molecule has 53 heavy (non-hydrogen) atoms. The van der Waals surface area contributed by atoms with Gasteiger partial charge in [0.05, 0.1) is 52.6 Å². The number of esters is 4. The fourth-order valence-electron chi connectivity index (χ4n) is 4.20. The van der Waals surface area contributed by atoms with Gasteiger partial charge < -0.3 is 28.4 Å². The van der Waals surface area contributed by atoms with Gasteiger partial charge in [-0.15, -0.1) is 0 Å². The van der Waals surface area contributed by atoms with Crippen molar-refractivity contribution in [2.45, 2.75) is 12.8 Å². The van der Waals surface area contributed by atoms with Crippen molar-refractivity contribution in [1.29, 1.82) is 0 Å². The normalized spacial score (nSPS) is 10.6. The van der Waals surface area contributed by atoms with Crippen molar-refractivity contribution in [2.75, 3.05) is 26.4 Å². The number of hydrogen-bond donors (Lipinski definition) is 0. The molecular formula is C39H32Cl3NO10. The van der Waals surface area contributed by atoms with Gasteiger partial charge >= 0.3 is 23.9 Å². The topological polar surface area (TPSA) is 136 Å². The van der Waals surface area contributed by atoms with Crippen molar-refractivity contribution in [3.05, 3.63) is 136 Å². The van der Waals surface area contributed by atoms with Crippen molar-refractivity contribution in [1.82, 2.24) is 0 Å². The zero-order chi connectivity index (χ0) is 38.2. The maximum absolute atomic E-state index is 12.7. The first kappa shape index (κ1) is 40.2. The van der Waals surface area contributed by atoms with Gasteiger partial charge in [-0.05, 0) is 72.3 Å². The zero-order valence-electron chi connectivity index (χ0n) is 28.1. The van der Waals surface area contributed by atoms with Crippen LogP contribution in [0.2, 0.25) is 15.1 Å². The highest BCUT2D eigenvalue weighted by atomic mass is 35.5. The molecule has 4 aromatic carbocycles. The molecule has 0 bridgehead atoms. The first-order valence-electron chi connectivity index (χ1n) is 15.9. The van der Waals surface area contributed by atoms with Gasteiger partial charge in [-0.2, -0.15) is 0 Å². The Bertz CT molecular complexity index is 1960. The summed E-state index contributed by atoms with van der Waals surface area (Å²) in [5.74, 6) is -0.966. The first-order chi connectivity index (χ1) is 25.6. The van der Waals surface area contributed by atoms with Crippen LogP contribution in [0.1, 0.15) is 39.1 Å². The third-order valence-corrected chi connectivity index (χ3v) is 7.69. The Hall–Kier alpha value is -5.62. The lowest BCUT2D eigenvalue weighted by Crippen LogP contribution is -2.09. The molecule has 0 spiro atoms.